The summed E-state index contributed by atoms with van der Waals surface area (Å²) in [4.78, 5) is 12.1. The van der Waals surface area contributed by atoms with Gasteiger partial charge in [-0.2, -0.15) is 0 Å². The summed E-state index contributed by atoms with van der Waals surface area (Å²) in [6.45, 7) is 5.05. The molecule has 0 bridgehead atoms. The van der Waals surface area contributed by atoms with Crippen LogP contribution in [0, 0.1) is 17.8 Å². The molecule has 0 spiro atoms. The van der Waals surface area contributed by atoms with Gasteiger partial charge in [-0.1, -0.05) is 33.1 Å². The number of nitrogens with two attached hydrogens (primary N) is 1. The van der Waals surface area contributed by atoms with Gasteiger partial charge in [0.05, 0.1) is 0 Å². The van der Waals surface area contributed by atoms with E-state index in [0.717, 1.165) is 32.1 Å². The monoisotopic (exact) mass is 211 g/mol. The standard InChI is InChI=1S/C13H25NO/c1-3-10(4-2)8-13(15)12-7-5-6-11(12)9-14/h10-12H,3-9,14H2,1-2H3. The van der Waals surface area contributed by atoms with Gasteiger partial charge in [0.25, 0.3) is 0 Å². The van der Waals surface area contributed by atoms with Gasteiger partial charge < -0.3 is 5.73 Å². The number of Topliss-reactive ketones (excluding diaryl/α,β-unsaturated/α-hetero) is 1. The lowest BCUT2D eigenvalue weighted by Crippen LogP contribution is -2.26. The van der Waals surface area contributed by atoms with Crippen molar-refractivity contribution in [2.24, 2.45) is 23.5 Å². The van der Waals surface area contributed by atoms with Crippen LogP contribution in [0.25, 0.3) is 0 Å². The van der Waals surface area contributed by atoms with E-state index in [1.807, 2.05) is 0 Å². The van der Waals surface area contributed by atoms with Crippen molar-refractivity contribution in [2.75, 3.05) is 6.54 Å². The zero-order valence-electron chi connectivity index (χ0n) is 10.2. The van der Waals surface area contributed by atoms with Crippen molar-refractivity contribution in [1.29, 1.82) is 0 Å². The molecular weight excluding hydrogens is 186 g/mol. The molecule has 1 fully saturated rings. The highest BCUT2D eigenvalue weighted by Gasteiger charge is 2.32. The van der Waals surface area contributed by atoms with Gasteiger partial charge in [-0.3, -0.25) is 4.79 Å². The third kappa shape index (κ3) is 3.30. The van der Waals surface area contributed by atoms with E-state index < -0.39 is 0 Å². The summed E-state index contributed by atoms with van der Waals surface area (Å²) < 4.78 is 0. The van der Waals surface area contributed by atoms with Crippen LogP contribution in [0.2, 0.25) is 0 Å². The molecule has 0 aromatic carbocycles. The van der Waals surface area contributed by atoms with Gasteiger partial charge >= 0.3 is 0 Å². The number of hydrogen-bond acceptors (Lipinski definition) is 2. The summed E-state index contributed by atoms with van der Waals surface area (Å²) in [5.74, 6) is 1.84. The Balaban J connectivity index is 2.45. The SMILES string of the molecule is CCC(CC)CC(=O)C1CCCC1CN. The fourth-order valence-electron chi connectivity index (χ4n) is 2.76. The average Bonchev–Trinajstić information content (AvgIpc) is 2.73. The normalized spacial score (nSPS) is 26.1. The van der Waals surface area contributed by atoms with E-state index >= 15 is 0 Å². The van der Waals surface area contributed by atoms with Gasteiger partial charge in [-0.05, 0) is 31.2 Å². The fraction of sp³-hybridized carbons (Fsp3) is 0.923. The van der Waals surface area contributed by atoms with E-state index in [2.05, 4.69) is 13.8 Å². The molecule has 1 aliphatic rings. The lowest BCUT2D eigenvalue weighted by atomic mass is 9.85. The van der Waals surface area contributed by atoms with Gasteiger partial charge in [0.2, 0.25) is 0 Å². The van der Waals surface area contributed by atoms with E-state index in [4.69, 9.17) is 5.73 Å². The van der Waals surface area contributed by atoms with E-state index in [1.165, 1.54) is 6.42 Å². The maximum atomic E-state index is 12.1. The number of carbonyl (C=O) groups is 1. The van der Waals surface area contributed by atoms with E-state index in [0.29, 0.717) is 24.2 Å². The first-order valence-electron chi connectivity index (χ1n) is 6.45. The van der Waals surface area contributed by atoms with Crippen molar-refractivity contribution < 1.29 is 4.79 Å². The van der Waals surface area contributed by atoms with Crippen molar-refractivity contribution in [1.82, 2.24) is 0 Å². The van der Waals surface area contributed by atoms with Crippen LogP contribution in [0.1, 0.15) is 52.4 Å². The average molecular weight is 211 g/mol. The topological polar surface area (TPSA) is 43.1 Å². The number of ketones is 1. The van der Waals surface area contributed by atoms with Gasteiger partial charge in [-0.25, -0.2) is 0 Å². The Morgan fingerprint density at radius 2 is 2.00 bits per heavy atom. The molecule has 88 valence electrons. The van der Waals surface area contributed by atoms with Gasteiger partial charge in [0, 0.05) is 12.3 Å². The zero-order valence-corrected chi connectivity index (χ0v) is 10.2. The number of carbonyl (C=O) groups excluding carboxylic acids is 1. The van der Waals surface area contributed by atoms with Crippen LogP contribution in [0.4, 0.5) is 0 Å². The molecule has 1 saturated carbocycles. The highest BCUT2D eigenvalue weighted by atomic mass is 16.1. The van der Waals surface area contributed by atoms with Crippen LogP contribution in [0.3, 0.4) is 0 Å². The van der Waals surface area contributed by atoms with Crippen LogP contribution in [-0.2, 0) is 4.79 Å². The Morgan fingerprint density at radius 3 is 2.53 bits per heavy atom. The van der Waals surface area contributed by atoms with Crippen molar-refractivity contribution in [3.8, 4) is 0 Å². The summed E-state index contributed by atoms with van der Waals surface area (Å²) in [5.41, 5.74) is 5.71. The van der Waals surface area contributed by atoms with E-state index in [9.17, 15) is 4.79 Å². The van der Waals surface area contributed by atoms with Crippen LogP contribution in [-0.4, -0.2) is 12.3 Å². The molecule has 2 atom stereocenters. The number of hydrogen-bond donors (Lipinski definition) is 1. The Labute approximate surface area is 93.6 Å². The molecule has 1 rings (SSSR count). The molecule has 1 aliphatic carbocycles. The lowest BCUT2D eigenvalue weighted by molar-refractivity contribution is -0.124. The molecule has 0 heterocycles. The van der Waals surface area contributed by atoms with Crippen molar-refractivity contribution in [3.05, 3.63) is 0 Å². The summed E-state index contributed by atoms with van der Waals surface area (Å²) in [5, 5.41) is 0. The maximum Gasteiger partial charge on any atom is 0.136 e. The summed E-state index contributed by atoms with van der Waals surface area (Å²) in [6.07, 6.45) is 6.48. The minimum Gasteiger partial charge on any atom is -0.330 e. The predicted octanol–water partition coefficient (Wildman–Crippen LogP) is 2.76. The first-order chi connectivity index (χ1) is 7.22. The quantitative estimate of drug-likeness (QED) is 0.734. The van der Waals surface area contributed by atoms with Crippen LogP contribution >= 0.6 is 0 Å². The van der Waals surface area contributed by atoms with Crippen LogP contribution in [0.5, 0.6) is 0 Å². The number of rotatable bonds is 6. The Morgan fingerprint density at radius 1 is 1.33 bits per heavy atom. The second-order valence-electron chi connectivity index (χ2n) is 4.89. The maximum absolute atomic E-state index is 12.1. The van der Waals surface area contributed by atoms with Crippen molar-refractivity contribution in [3.63, 3.8) is 0 Å². The minimum absolute atomic E-state index is 0.288. The van der Waals surface area contributed by atoms with Crippen LogP contribution in [0.15, 0.2) is 0 Å². The van der Waals surface area contributed by atoms with E-state index in [1.54, 1.807) is 0 Å². The second-order valence-corrected chi connectivity index (χ2v) is 4.89. The molecular formula is C13H25NO. The molecule has 15 heavy (non-hydrogen) atoms. The van der Waals surface area contributed by atoms with Crippen LogP contribution < -0.4 is 5.73 Å². The highest BCUT2D eigenvalue weighted by molar-refractivity contribution is 5.81. The van der Waals surface area contributed by atoms with Gasteiger partial charge in [-0.15, -0.1) is 0 Å². The first-order valence-corrected chi connectivity index (χ1v) is 6.45. The fourth-order valence-corrected chi connectivity index (χ4v) is 2.76. The highest BCUT2D eigenvalue weighted by Crippen LogP contribution is 2.33. The molecule has 2 heteroatoms. The predicted molar refractivity (Wildman–Crippen MR) is 63.6 cm³/mol. The molecule has 0 aromatic heterocycles. The minimum atomic E-state index is 0.288. The van der Waals surface area contributed by atoms with Gasteiger partial charge in [0.15, 0.2) is 0 Å². The Bertz CT molecular complexity index is 199. The molecule has 0 radical (unpaired) electrons. The van der Waals surface area contributed by atoms with Gasteiger partial charge in [0.1, 0.15) is 5.78 Å². The largest absolute Gasteiger partial charge is 0.330 e. The smallest absolute Gasteiger partial charge is 0.136 e. The lowest BCUT2D eigenvalue weighted by Gasteiger charge is -2.19. The molecule has 0 saturated heterocycles. The second kappa shape index (κ2) is 6.26. The zero-order chi connectivity index (χ0) is 11.3. The third-order valence-corrected chi connectivity index (χ3v) is 4.02. The summed E-state index contributed by atoms with van der Waals surface area (Å²) >= 11 is 0. The Kier molecular flexibility index (Phi) is 5.30. The van der Waals surface area contributed by atoms with E-state index in [-0.39, 0.29) is 5.92 Å². The third-order valence-electron chi connectivity index (χ3n) is 4.02. The molecule has 0 aromatic rings. The Hall–Kier alpha value is -0.370. The van der Waals surface area contributed by atoms with Crippen molar-refractivity contribution in [2.45, 2.75) is 52.4 Å². The van der Waals surface area contributed by atoms with Crippen molar-refractivity contribution >= 4 is 5.78 Å². The molecule has 0 aliphatic heterocycles. The summed E-state index contributed by atoms with van der Waals surface area (Å²) in [7, 11) is 0. The summed E-state index contributed by atoms with van der Waals surface area (Å²) in [6, 6.07) is 0. The molecule has 2 unspecified atom stereocenters. The molecule has 0 amide bonds. The molecule has 2 nitrogen and oxygen atoms in total. The molecule has 2 N–H and O–H groups in total. The first kappa shape index (κ1) is 12.7.